The Morgan fingerprint density at radius 1 is 1.02 bits per heavy atom. The highest BCUT2D eigenvalue weighted by atomic mass is 19.4. The number of piperidine rings is 1. The highest BCUT2D eigenvalue weighted by Gasteiger charge is 2.36. The number of rotatable bonds is 8. The van der Waals surface area contributed by atoms with E-state index >= 15 is 0 Å². The Bertz CT molecular complexity index is 1660. The molecule has 0 radical (unpaired) electrons. The molecule has 2 saturated heterocycles. The van der Waals surface area contributed by atoms with E-state index < -0.39 is 17.8 Å². The number of amides is 3. The lowest BCUT2D eigenvalue weighted by molar-refractivity contribution is -0.137. The summed E-state index contributed by atoms with van der Waals surface area (Å²) in [6, 6.07) is 2.69. The number of halogens is 3. The molecule has 47 heavy (non-hydrogen) atoms. The van der Waals surface area contributed by atoms with E-state index in [0.29, 0.717) is 57.1 Å². The normalized spacial score (nSPS) is 15.8. The van der Waals surface area contributed by atoms with Gasteiger partial charge in [-0.15, -0.1) is 5.10 Å². The van der Waals surface area contributed by atoms with Gasteiger partial charge in [-0.1, -0.05) is 5.57 Å². The molecule has 2 aliphatic rings. The van der Waals surface area contributed by atoms with Crippen LogP contribution in [0.4, 0.5) is 29.6 Å². The number of pyridine rings is 1. The van der Waals surface area contributed by atoms with E-state index in [1.165, 1.54) is 6.08 Å². The average molecular weight is 658 g/mol. The molecule has 0 saturated carbocycles. The number of carbonyl (C=O) groups excluding carboxylic acids is 3. The third-order valence-corrected chi connectivity index (χ3v) is 7.99. The molecule has 0 aliphatic carbocycles. The lowest BCUT2D eigenvalue weighted by atomic mass is 10.1. The minimum atomic E-state index is -4.78. The van der Waals surface area contributed by atoms with Crippen LogP contribution in [0.5, 0.6) is 0 Å². The van der Waals surface area contributed by atoms with E-state index in [1.54, 1.807) is 15.6 Å². The number of nitrogens with zero attached hydrogens (tertiary/aromatic N) is 7. The molecule has 3 aromatic rings. The molecule has 5 heterocycles. The maximum absolute atomic E-state index is 14.3. The van der Waals surface area contributed by atoms with Crippen LogP contribution in [0, 0.1) is 0 Å². The zero-order valence-electron chi connectivity index (χ0n) is 26.6. The lowest BCUT2D eigenvalue weighted by Crippen LogP contribution is -2.50. The zero-order chi connectivity index (χ0) is 33.7. The predicted octanol–water partition coefficient (Wildman–Crippen LogP) is 3.71. The van der Waals surface area contributed by atoms with Crippen molar-refractivity contribution in [3.8, 4) is 11.4 Å². The Balaban J connectivity index is 1.38. The first kappa shape index (κ1) is 33.6. The summed E-state index contributed by atoms with van der Waals surface area (Å²) in [6.45, 7) is 7.75. The molecule has 5 rings (SSSR count). The van der Waals surface area contributed by atoms with E-state index in [-0.39, 0.29) is 35.6 Å². The number of carbonyl (C=O) groups is 3. The van der Waals surface area contributed by atoms with Crippen molar-refractivity contribution in [3.05, 3.63) is 47.3 Å². The Hall–Kier alpha value is -4.73. The van der Waals surface area contributed by atoms with Gasteiger partial charge in [-0.25, -0.2) is 19.3 Å². The van der Waals surface area contributed by atoms with E-state index in [9.17, 15) is 27.6 Å². The Kier molecular flexibility index (Phi) is 10.3. The maximum Gasteiger partial charge on any atom is 0.417 e. The molecule has 0 aromatic carbocycles. The highest BCUT2D eigenvalue weighted by molar-refractivity contribution is 5.91. The molecule has 0 atom stereocenters. The van der Waals surface area contributed by atoms with Crippen molar-refractivity contribution in [2.24, 2.45) is 0 Å². The molecular formula is C31H38F3N9O4. The molecule has 3 aromatic heterocycles. The van der Waals surface area contributed by atoms with Gasteiger partial charge in [0.2, 0.25) is 11.8 Å². The van der Waals surface area contributed by atoms with Gasteiger partial charge in [-0.2, -0.15) is 13.2 Å². The van der Waals surface area contributed by atoms with Crippen LogP contribution in [-0.2, 0) is 27.0 Å². The molecule has 0 unspecified atom stereocenters. The van der Waals surface area contributed by atoms with E-state index in [2.05, 4.69) is 40.2 Å². The number of methoxy groups -OCH3 is 1. The number of allylic oxidation sites excluding steroid dienone is 1. The fraction of sp³-hybridized carbons (Fsp3) is 0.484. The maximum atomic E-state index is 14.3. The number of aromatic nitrogens is 4. The first-order valence-corrected chi connectivity index (χ1v) is 15.4. The molecule has 16 heteroatoms. The number of hydrogen-bond acceptors (Lipinski definition) is 9. The van der Waals surface area contributed by atoms with E-state index in [1.807, 2.05) is 19.9 Å². The van der Waals surface area contributed by atoms with Crippen molar-refractivity contribution >= 4 is 35.1 Å². The van der Waals surface area contributed by atoms with Crippen molar-refractivity contribution in [2.45, 2.75) is 45.8 Å². The summed E-state index contributed by atoms with van der Waals surface area (Å²) in [5.74, 6) is -0.370. The summed E-state index contributed by atoms with van der Waals surface area (Å²) in [4.78, 5) is 50.7. The zero-order valence-corrected chi connectivity index (χ0v) is 26.6. The van der Waals surface area contributed by atoms with E-state index in [0.717, 1.165) is 49.8 Å². The van der Waals surface area contributed by atoms with Gasteiger partial charge in [0.05, 0.1) is 24.8 Å². The number of nitrogens with one attached hydrogen (secondary N) is 2. The van der Waals surface area contributed by atoms with Crippen LogP contribution in [0.1, 0.15) is 44.2 Å². The molecular weight excluding hydrogens is 619 g/mol. The van der Waals surface area contributed by atoms with Gasteiger partial charge >= 0.3 is 12.3 Å². The summed E-state index contributed by atoms with van der Waals surface area (Å²) in [5, 5.41) is 9.29. The first-order chi connectivity index (χ1) is 22.4. The van der Waals surface area contributed by atoms with Gasteiger partial charge in [-0.3, -0.25) is 19.8 Å². The van der Waals surface area contributed by atoms with Crippen LogP contribution >= 0.6 is 0 Å². The molecule has 0 bridgehead atoms. The summed E-state index contributed by atoms with van der Waals surface area (Å²) in [7, 11) is 1.10. The van der Waals surface area contributed by atoms with Gasteiger partial charge in [0.15, 0.2) is 11.6 Å². The second-order valence-electron chi connectivity index (χ2n) is 11.8. The SMILES string of the molecule is COC(=O)Nc1cc(C(F)(F)F)c(-c2nc(N3CCCCC3)c3cc(CN4CCN(C(=O)CNC(=O)C=C(C)C)CC4)cn3n2)cn1. The quantitative estimate of drug-likeness (QED) is 0.348. The summed E-state index contributed by atoms with van der Waals surface area (Å²) < 4.78 is 48.9. The van der Waals surface area contributed by atoms with E-state index in [4.69, 9.17) is 0 Å². The van der Waals surface area contributed by atoms with Crippen LogP contribution in [0.3, 0.4) is 0 Å². The summed E-state index contributed by atoms with van der Waals surface area (Å²) in [6.07, 6.45) is 1.45. The van der Waals surface area contributed by atoms with Crippen LogP contribution in [0.25, 0.3) is 16.9 Å². The van der Waals surface area contributed by atoms with Gasteiger partial charge in [-0.05, 0) is 50.8 Å². The molecule has 2 N–H and O–H groups in total. The second-order valence-corrected chi connectivity index (χ2v) is 11.8. The molecule has 0 spiro atoms. The summed E-state index contributed by atoms with van der Waals surface area (Å²) >= 11 is 0. The molecule has 13 nitrogen and oxygen atoms in total. The minimum Gasteiger partial charge on any atom is -0.453 e. The summed E-state index contributed by atoms with van der Waals surface area (Å²) in [5.41, 5.74) is 1.06. The number of ether oxygens (including phenoxy) is 1. The number of fused-ring (bicyclic) bond motifs is 1. The van der Waals surface area contributed by atoms with Crippen LogP contribution in [-0.4, -0.2) is 100 Å². The van der Waals surface area contributed by atoms with Crippen molar-refractivity contribution in [3.63, 3.8) is 0 Å². The second kappa shape index (κ2) is 14.4. The fourth-order valence-electron chi connectivity index (χ4n) is 5.67. The highest BCUT2D eigenvalue weighted by Crippen LogP contribution is 2.38. The van der Waals surface area contributed by atoms with Crippen molar-refractivity contribution in [1.82, 2.24) is 34.7 Å². The van der Waals surface area contributed by atoms with Gasteiger partial charge in [0, 0.05) is 64.3 Å². The Labute approximate surface area is 269 Å². The molecule has 2 aliphatic heterocycles. The van der Waals surface area contributed by atoms with Gasteiger partial charge in [0.1, 0.15) is 11.3 Å². The van der Waals surface area contributed by atoms with Crippen molar-refractivity contribution in [1.29, 1.82) is 0 Å². The average Bonchev–Trinajstić information content (AvgIpc) is 3.45. The van der Waals surface area contributed by atoms with Crippen LogP contribution in [0.15, 0.2) is 36.2 Å². The van der Waals surface area contributed by atoms with Crippen LogP contribution in [0.2, 0.25) is 0 Å². The third kappa shape index (κ3) is 8.36. The van der Waals surface area contributed by atoms with Gasteiger partial charge < -0.3 is 19.9 Å². The van der Waals surface area contributed by atoms with Crippen molar-refractivity contribution < 1.29 is 32.3 Å². The standard InChI is InChI=1S/C31H38F3N9O4/c1-20(2)13-26(44)36-17-27(45)41-11-9-40(10-12-41)18-21-14-24-29(42-7-5-4-6-8-42)38-28(39-43(24)19-21)22-16-35-25(37-30(46)47-3)15-23(22)31(32,33)34/h13-16,19H,4-12,17-18H2,1-3H3,(H,36,44)(H,35,37,46). The van der Waals surface area contributed by atoms with Crippen molar-refractivity contribution in [2.75, 3.05) is 63.1 Å². The Morgan fingerprint density at radius 2 is 1.74 bits per heavy atom. The Morgan fingerprint density at radius 3 is 2.40 bits per heavy atom. The third-order valence-electron chi connectivity index (χ3n) is 7.99. The fourth-order valence-corrected chi connectivity index (χ4v) is 5.67. The number of anilines is 2. The van der Waals surface area contributed by atoms with Crippen LogP contribution < -0.4 is 15.5 Å². The number of hydrogen-bond donors (Lipinski definition) is 2. The molecule has 3 amide bonds. The number of piperazine rings is 1. The smallest absolute Gasteiger partial charge is 0.417 e. The monoisotopic (exact) mass is 657 g/mol. The predicted molar refractivity (Wildman–Crippen MR) is 168 cm³/mol. The topological polar surface area (TPSA) is 137 Å². The number of alkyl halides is 3. The van der Waals surface area contributed by atoms with Gasteiger partial charge in [0.25, 0.3) is 0 Å². The molecule has 252 valence electrons. The largest absolute Gasteiger partial charge is 0.453 e. The minimum absolute atomic E-state index is 0.0656. The lowest BCUT2D eigenvalue weighted by Gasteiger charge is -2.34. The first-order valence-electron chi connectivity index (χ1n) is 15.4. The molecule has 2 fully saturated rings.